The van der Waals surface area contributed by atoms with Crippen molar-refractivity contribution in [1.82, 2.24) is 9.47 Å². The van der Waals surface area contributed by atoms with E-state index in [1.807, 2.05) is 0 Å². The molecule has 94 valence electrons. The highest BCUT2D eigenvalue weighted by molar-refractivity contribution is 5.28. The molecular formula is C14H23N3. The second-order valence-electron chi connectivity index (χ2n) is 5.46. The van der Waals surface area contributed by atoms with Crippen molar-refractivity contribution >= 4 is 0 Å². The van der Waals surface area contributed by atoms with Crippen molar-refractivity contribution in [3.8, 4) is 0 Å². The molecule has 2 heterocycles. The van der Waals surface area contributed by atoms with Gasteiger partial charge in [-0.25, -0.2) is 0 Å². The van der Waals surface area contributed by atoms with Crippen molar-refractivity contribution in [2.24, 2.45) is 5.73 Å². The standard InChI is InChI=1S/C14H23N3/c15-13-4-3-5-14-12(13)6-9-17(14)11-10-16-7-1-2-8-16/h6,9,13H,1-5,7-8,10-11,15H2. The molecule has 2 aliphatic rings. The molecule has 1 aliphatic carbocycles. The van der Waals surface area contributed by atoms with Crippen molar-refractivity contribution < 1.29 is 0 Å². The van der Waals surface area contributed by atoms with Gasteiger partial charge in [-0.2, -0.15) is 0 Å². The van der Waals surface area contributed by atoms with Crippen LogP contribution < -0.4 is 5.73 Å². The van der Waals surface area contributed by atoms with Crippen LogP contribution >= 0.6 is 0 Å². The van der Waals surface area contributed by atoms with E-state index in [0.29, 0.717) is 0 Å². The lowest BCUT2D eigenvalue weighted by Gasteiger charge is -2.22. The largest absolute Gasteiger partial charge is 0.350 e. The number of rotatable bonds is 3. The third kappa shape index (κ3) is 2.26. The third-order valence-corrected chi connectivity index (χ3v) is 4.30. The van der Waals surface area contributed by atoms with Crippen molar-refractivity contribution in [2.45, 2.75) is 44.7 Å². The molecule has 1 fully saturated rings. The lowest BCUT2D eigenvalue weighted by atomic mass is 9.94. The Morgan fingerprint density at radius 1 is 1.18 bits per heavy atom. The highest BCUT2D eigenvalue weighted by Crippen LogP contribution is 2.28. The Labute approximate surface area is 104 Å². The van der Waals surface area contributed by atoms with Gasteiger partial charge in [-0.15, -0.1) is 0 Å². The van der Waals surface area contributed by atoms with Gasteiger partial charge in [0.1, 0.15) is 0 Å². The molecule has 3 rings (SSSR count). The second-order valence-corrected chi connectivity index (χ2v) is 5.46. The first-order valence-corrected chi connectivity index (χ1v) is 7.00. The van der Waals surface area contributed by atoms with Gasteiger partial charge < -0.3 is 15.2 Å². The highest BCUT2D eigenvalue weighted by Gasteiger charge is 2.20. The zero-order chi connectivity index (χ0) is 11.7. The van der Waals surface area contributed by atoms with Crippen LogP contribution in [0.5, 0.6) is 0 Å². The maximum atomic E-state index is 6.15. The molecule has 2 N–H and O–H groups in total. The van der Waals surface area contributed by atoms with Gasteiger partial charge in [-0.1, -0.05) is 0 Å². The molecule has 3 nitrogen and oxygen atoms in total. The first kappa shape index (κ1) is 11.3. The molecule has 0 saturated carbocycles. The van der Waals surface area contributed by atoms with Crippen LogP contribution in [-0.2, 0) is 13.0 Å². The summed E-state index contributed by atoms with van der Waals surface area (Å²) in [4.78, 5) is 2.58. The minimum atomic E-state index is 0.284. The highest BCUT2D eigenvalue weighted by atomic mass is 15.2. The van der Waals surface area contributed by atoms with Crippen molar-refractivity contribution in [2.75, 3.05) is 19.6 Å². The average Bonchev–Trinajstić information content (AvgIpc) is 2.95. The van der Waals surface area contributed by atoms with Crippen LogP contribution in [0.3, 0.4) is 0 Å². The van der Waals surface area contributed by atoms with E-state index >= 15 is 0 Å². The van der Waals surface area contributed by atoms with Gasteiger partial charge in [0.2, 0.25) is 0 Å². The molecule has 1 saturated heterocycles. The maximum absolute atomic E-state index is 6.15. The average molecular weight is 233 g/mol. The number of aromatic nitrogens is 1. The summed E-state index contributed by atoms with van der Waals surface area (Å²) >= 11 is 0. The summed E-state index contributed by atoms with van der Waals surface area (Å²) in [7, 11) is 0. The second kappa shape index (κ2) is 4.83. The Balaban J connectivity index is 1.66. The Morgan fingerprint density at radius 2 is 2.00 bits per heavy atom. The molecule has 1 aliphatic heterocycles. The summed E-state index contributed by atoms with van der Waals surface area (Å²) in [6, 6.07) is 2.52. The monoisotopic (exact) mass is 233 g/mol. The van der Waals surface area contributed by atoms with Crippen LogP contribution in [0.15, 0.2) is 12.3 Å². The normalized spacial score (nSPS) is 25.1. The van der Waals surface area contributed by atoms with Crippen LogP contribution in [-0.4, -0.2) is 29.1 Å². The predicted molar refractivity (Wildman–Crippen MR) is 70.0 cm³/mol. The van der Waals surface area contributed by atoms with Crippen LogP contribution in [0.25, 0.3) is 0 Å². The van der Waals surface area contributed by atoms with Crippen molar-refractivity contribution in [3.63, 3.8) is 0 Å². The smallest absolute Gasteiger partial charge is 0.0350 e. The van der Waals surface area contributed by atoms with E-state index in [-0.39, 0.29) is 6.04 Å². The van der Waals surface area contributed by atoms with Crippen LogP contribution in [0.4, 0.5) is 0 Å². The lowest BCUT2D eigenvalue weighted by molar-refractivity contribution is 0.320. The van der Waals surface area contributed by atoms with Gasteiger partial charge in [0.05, 0.1) is 0 Å². The quantitative estimate of drug-likeness (QED) is 0.865. The van der Waals surface area contributed by atoms with Gasteiger partial charge in [0.15, 0.2) is 0 Å². The van der Waals surface area contributed by atoms with Gasteiger partial charge in [0.25, 0.3) is 0 Å². The number of fused-ring (bicyclic) bond motifs is 1. The minimum Gasteiger partial charge on any atom is -0.350 e. The molecule has 1 unspecified atom stereocenters. The van der Waals surface area contributed by atoms with Gasteiger partial charge in [0, 0.05) is 31.0 Å². The fraction of sp³-hybridized carbons (Fsp3) is 0.714. The molecular weight excluding hydrogens is 210 g/mol. The summed E-state index contributed by atoms with van der Waals surface area (Å²) in [6.45, 7) is 4.93. The maximum Gasteiger partial charge on any atom is 0.0350 e. The van der Waals surface area contributed by atoms with E-state index in [4.69, 9.17) is 5.73 Å². The molecule has 0 spiro atoms. The first-order chi connectivity index (χ1) is 8.34. The summed E-state index contributed by atoms with van der Waals surface area (Å²) in [5, 5.41) is 0. The van der Waals surface area contributed by atoms with E-state index in [1.165, 1.54) is 56.6 Å². The van der Waals surface area contributed by atoms with E-state index in [1.54, 1.807) is 0 Å². The van der Waals surface area contributed by atoms with Crippen LogP contribution in [0.2, 0.25) is 0 Å². The van der Waals surface area contributed by atoms with E-state index in [2.05, 4.69) is 21.7 Å². The summed E-state index contributed by atoms with van der Waals surface area (Å²) < 4.78 is 2.44. The van der Waals surface area contributed by atoms with E-state index in [0.717, 1.165) is 13.0 Å². The fourth-order valence-electron chi connectivity index (χ4n) is 3.26. The summed E-state index contributed by atoms with van der Waals surface area (Å²) in [5.41, 5.74) is 9.06. The molecule has 1 aromatic heterocycles. The van der Waals surface area contributed by atoms with Crippen LogP contribution in [0, 0.1) is 0 Å². The Morgan fingerprint density at radius 3 is 2.82 bits per heavy atom. The zero-order valence-electron chi connectivity index (χ0n) is 10.6. The minimum absolute atomic E-state index is 0.284. The number of hydrogen-bond donors (Lipinski definition) is 1. The molecule has 17 heavy (non-hydrogen) atoms. The molecule has 0 amide bonds. The number of hydrogen-bond acceptors (Lipinski definition) is 2. The third-order valence-electron chi connectivity index (χ3n) is 4.30. The summed E-state index contributed by atoms with van der Waals surface area (Å²) in [5.74, 6) is 0. The van der Waals surface area contributed by atoms with Gasteiger partial charge >= 0.3 is 0 Å². The predicted octanol–water partition coefficient (Wildman–Crippen LogP) is 1.92. The molecule has 1 aromatic rings. The summed E-state index contributed by atoms with van der Waals surface area (Å²) in [6.07, 6.45) is 8.64. The Kier molecular flexibility index (Phi) is 3.21. The topological polar surface area (TPSA) is 34.2 Å². The van der Waals surface area contributed by atoms with Crippen LogP contribution in [0.1, 0.15) is 43.0 Å². The Bertz CT molecular complexity index is 377. The number of nitrogens with zero attached hydrogens (tertiary/aromatic N) is 2. The lowest BCUT2D eigenvalue weighted by Crippen LogP contribution is -2.25. The number of nitrogens with two attached hydrogens (primary N) is 1. The molecule has 1 atom stereocenters. The van der Waals surface area contributed by atoms with Gasteiger partial charge in [-0.3, -0.25) is 0 Å². The van der Waals surface area contributed by atoms with E-state index in [9.17, 15) is 0 Å². The van der Waals surface area contributed by atoms with Gasteiger partial charge in [-0.05, 0) is 56.8 Å². The van der Waals surface area contributed by atoms with Crippen molar-refractivity contribution in [3.05, 3.63) is 23.5 Å². The van der Waals surface area contributed by atoms with E-state index < -0.39 is 0 Å². The first-order valence-electron chi connectivity index (χ1n) is 7.00. The Hall–Kier alpha value is -0.800. The molecule has 3 heteroatoms. The van der Waals surface area contributed by atoms with Crippen molar-refractivity contribution in [1.29, 1.82) is 0 Å². The SMILES string of the molecule is NC1CCCc2c1ccn2CCN1CCCC1. The molecule has 0 aromatic carbocycles. The number of likely N-dealkylation sites (tertiary alicyclic amines) is 1. The fourth-order valence-corrected chi connectivity index (χ4v) is 3.26. The molecule has 0 radical (unpaired) electrons. The zero-order valence-corrected chi connectivity index (χ0v) is 10.6. The molecule has 0 bridgehead atoms.